The highest BCUT2D eigenvalue weighted by atomic mass is 16.5. The van der Waals surface area contributed by atoms with Gasteiger partial charge in [0, 0.05) is 12.4 Å². The van der Waals surface area contributed by atoms with Gasteiger partial charge in [-0.25, -0.2) is 4.98 Å². The van der Waals surface area contributed by atoms with Crippen molar-refractivity contribution in [3.05, 3.63) is 54.0 Å². The quantitative estimate of drug-likeness (QED) is 0.896. The number of aliphatic hydroxyl groups excluding tert-OH is 1. The lowest BCUT2D eigenvalue weighted by molar-refractivity contribution is 0.149. The van der Waals surface area contributed by atoms with Gasteiger partial charge in [-0.2, -0.15) is 0 Å². The normalized spacial score (nSPS) is 13.8. The Morgan fingerprint density at radius 3 is 2.53 bits per heavy atom. The van der Waals surface area contributed by atoms with Crippen LogP contribution in [0.15, 0.2) is 42.7 Å². The van der Waals surface area contributed by atoms with E-state index in [1.807, 2.05) is 18.2 Å². The van der Waals surface area contributed by atoms with Gasteiger partial charge in [0.05, 0.1) is 7.11 Å². The number of hydrogen-bond acceptors (Lipinski definition) is 4. The Kier molecular flexibility index (Phi) is 4.47. The predicted molar refractivity (Wildman–Crippen MR) is 73.0 cm³/mol. The highest BCUT2D eigenvalue weighted by molar-refractivity contribution is 5.22. The van der Waals surface area contributed by atoms with Crippen LogP contribution in [0.25, 0.3) is 0 Å². The largest absolute Gasteiger partial charge is 0.480 e. The molecule has 0 radical (unpaired) electrons. The molecule has 0 aliphatic rings. The van der Waals surface area contributed by atoms with Crippen LogP contribution >= 0.6 is 0 Å². The van der Waals surface area contributed by atoms with E-state index < -0.39 is 6.10 Å². The first-order chi connectivity index (χ1) is 9.22. The fourth-order valence-electron chi connectivity index (χ4n) is 2.09. The van der Waals surface area contributed by atoms with Gasteiger partial charge in [-0.1, -0.05) is 37.3 Å². The average Bonchev–Trinajstić information content (AvgIpc) is 2.48. The topological polar surface area (TPSA) is 55.2 Å². The van der Waals surface area contributed by atoms with E-state index in [0.29, 0.717) is 18.0 Å². The number of rotatable bonds is 5. The minimum absolute atomic E-state index is 0.239. The first-order valence-corrected chi connectivity index (χ1v) is 6.30. The van der Waals surface area contributed by atoms with E-state index in [1.165, 1.54) is 12.7 Å². The van der Waals surface area contributed by atoms with E-state index in [2.05, 4.69) is 29.0 Å². The molecule has 2 atom stereocenters. The van der Waals surface area contributed by atoms with Crippen LogP contribution < -0.4 is 4.74 Å². The van der Waals surface area contributed by atoms with Crippen molar-refractivity contribution in [2.45, 2.75) is 25.4 Å². The average molecular weight is 258 g/mol. The number of hydrogen-bond donors (Lipinski definition) is 1. The molecule has 1 aromatic carbocycles. The third kappa shape index (κ3) is 3.29. The van der Waals surface area contributed by atoms with Gasteiger partial charge in [0.15, 0.2) is 0 Å². The minimum Gasteiger partial charge on any atom is -0.480 e. The van der Waals surface area contributed by atoms with Crippen LogP contribution in [0.1, 0.15) is 36.6 Å². The van der Waals surface area contributed by atoms with E-state index in [1.54, 1.807) is 12.4 Å². The maximum absolute atomic E-state index is 10.3. The molecule has 4 heteroatoms. The number of nitrogens with zero attached hydrogens (tertiary/aromatic N) is 2. The van der Waals surface area contributed by atoms with Crippen molar-refractivity contribution < 1.29 is 9.84 Å². The van der Waals surface area contributed by atoms with Crippen molar-refractivity contribution >= 4 is 0 Å². The van der Waals surface area contributed by atoms with Crippen molar-refractivity contribution in [1.82, 2.24) is 9.97 Å². The van der Waals surface area contributed by atoms with Crippen LogP contribution in [0.2, 0.25) is 0 Å². The smallest absolute Gasteiger partial charge is 0.238 e. The molecule has 0 spiro atoms. The Balaban J connectivity index is 2.11. The molecule has 1 N–H and O–H groups in total. The molecule has 0 aliphatic carbocycles. The molecule has 1 heterocycles. The molecule has 2 unspecified atom stereocenters. The van der Waals surface area contributed by atoms with E-state index in [9.17, 15) is 5.11 Å². The zero-order valence-corrected chi connectivity index (χ0v) is 11.2. The number of aromatic nitrogens is 2. The van der Waals surface area contributed by atoms with Crippen LogP contribution in [0.5, 0.6) is 5.88 Å². The van der Waals surface area contributed by atoms with Gasteiger partial charge in [-0.05, 0) is 17.9 Å². The van der Waals surface area contributed by atoms with Gasteiger partial charge in [0.1, 0.15) is 11.8 Å². The molecule has 19 heavy (non-hydrogen) atoms. The van der Waals surface area contributed by atoms with Gasteiger partial charge in [0.2, 0.25) is 5.88 Å². The van der Waals surface area contributed by atoms with Gasteiger partial charge in [-0.15, -0.1) is 0 Å². The Morgan fingerprint density at radius 1 is 1.16 bits per heavy atom. The Hall–Kier alpha value is -1.94. The van der Waals surface area contributed by atoms with Crippen LogP contribution in [-0.2, 0) is 0 Å². The second kappa shape index (κ2) is 6.29. The van der Waals surface area contributed by atoms with Crippen LogP contribution in [0, 0.1) is 0 Å². The maximum Gasteiger partial charge on any atom is 0.238 e. The van der Waals surface area contributed by atoms with E-state index >= 15 is 0 Å². The third-order valence-electron chi connectivity index (χ3n) is 3.15. The van der Waals surface area contributed by atoms with E-state index in [-0.39, 0.29) is 5.92 Å². The summed E-state index contributed by atoms with van der Waals surface area (Å²) in [5.41, 5.74) is 1.69. The second-order valence-electron chi connectivity index (χ2n) is 4.51. The second-order valence-corrected chi connectivity index (χ2v) is 4.51. The molecule has 2 aromatic rings. The van der Waals surface area contributed by atoms with Crippen molar-refractivity contribution in [3.8, 4) is 5.88 Å². The summed E-state index contributed by atoms with van der Waals surface area (Å²) in [4.78, 5) is 8.21. The molecule has 2 rings (SSSR count). The number of benzene rings is 1. The van der Waals surface area contributed by atoms with Crippen molar-refractivity contribution in [3.63, 3.8) is 0 Å². The minimum atomic E-state index is -0.682. The SMILES string of the molecule is COc1nccnc1C(O)CC(C)c1ccccc1. The van der Waals surface area contributed by atoms with Crippen molar-refractivity contribution in [1.29, 1.82) is 0 Å². The maximum atomic E-state index is 10.3. The van der Waals surface area contributed by atoms with Crippen LogP contribution in [0.3, 0.4) is 0 Å². The van der Waals surface area contributed by atoms with E-state index in [0.717, 1.165) is 0 Å². The molecular weight excluding hydrogens is 240 g/mol. The summed E-state index contributed by atoms with van der Waals surface area (Å²) in [6.07, 6.45) is 3.02. The van der Waals surface area contributed by atoms with Gasteiger partial charge >= 0.3 is 0 Å². The molecule has 0 saturated carbocycles. The molecule has 0 saturated heterocycles. The summed E-state index contributed by atoms with van der Waals surface area (Å²) >= 11 is 0. The summed E-state index contributed by atoms with van der Waals surface area (Å²) in [6.45, 7) is 2.08. The number of ether oxygens (including phenoxy) is 1. The summed E-state index contributed by atoms with van der Waals surface area (Å²) < 4.78 is 5.12. The third-order valence-corrected chi connectivity index (χ3v) is 3.15. The molecular formula is C15H18N2O2. The first-order valence-electron chi connectivity index (χ1n) is 6.30. The summed E-state index contributed by atoms with van der Waals surface area (Å²) in [7, 11) is 1.53. The molecule has 100 valence electrons. The summed E-state index contributed by atoms with van der Waals surface area (Å²) in [6, 6.07) is 10.1. The highest BCUT2D eigenvalue weighted by Crippen LogP contribution is 2.29. The van der Waals surface area contributed by atoms with Gasteiger partial charge < -0.3 is 9.84 Å². The molecule has 0 amide bonds. The summed E-state index contributed by atoms with van der Waals surface area (Å²) in [5.74, 6) is 0.623. The number of methoxy groups -OCH3 is 1. The lowest BCUT2D eigenvalue weighted by Crippen LogP contribution is -2.08. The molecule has 0 bridgehead atoms. The Labute approximate surface area is 113 Å². The molecule has 0 fully saturated rings. The first kappa shape index (κ1) is 13.5. The molecule has 0 aliphatic heterocycles. The zero-order chi connectivity index (χ0) is 13.7. The number of aliphatic hydroxyl groups is 1. The lowest BCUT2D eigenvalue weighted by atomic mass is 9.94. The summed E-state index contributed by atoms with van der Waals surface area (Å²) in [5, 5.41) is 10.3. The fourth-order valence-corrected chi connectivity index (χ4v) is 2.09. The Bertz CT molecular complexity index is 517. The predicted octanol–water partition coefficient (Wildman–Crippen LogP) is 2.71. The highest BCUT2D eigenvalue weighted by Gasteiger charge is 2.19. The zero-order valence-electron chi connectivity index (χ0n) is 11.2. The van der Waals surface area contributed by atoms with Crippen LogP contribution in [-0.4, -0.2) is 22.2 Å². The van der Waals surface area contributed by atoms with Crippen molar-refractivity contribution in [2.24, 2.45) is 0 Å². The fraction of sp³-hybridized carbons (Fsp3) is 0.333. The Morgan fingerprint density at radius 2 is 1.84 bits per heavy atom. The standard InChI is InChI=1S/C15H18N2O2/c1-11(12-6-4-3-5-7-12)10-13(18)14-15(19-2)17-9-8-16-14/h3-9,11,13,18H,10H2,1-2H3. The van der Waals surface area contributed by atoms with Crippen molar-refractivity contribution in [2.75, 3.05) is 7.11 Å². The van der Waals surface area contributed by atoms with Crippen LogP contribution in [0.4, 0.5) is 0 Å². The molecule has 4 nitrogen and oxygen atoms in total. The van der Waals surface area contributed by atoms with Gasteiger partial charge in [0.25, 0.3) is 0 Å². The monoisotopic (exact) mass is 258 g/mol. The molecule has 1 aromatic heterocycles. The lowest BCUT2D eigenvalue weighted by Gasteiger charge is -2.17. The van der Waals surface area contributed by atoms with E-state index in [4.69, 9.17) is 4.74 Å². The van der Waals surface area contributed by atoms with Gasteiger partial charge in [-0.3, -0.25) is 4.98 Å².